The highest BCUT2D eigenvalue weighted by Gasteiger charge is 2.33. The van der Waals surface area contributed by atoms with Gasteiger partial charge in [-0.3, -0.25) is 4.90 Å². The van der Waals surface area contributed by atoms with Crippen LogP contribution in [0.4, 0.5) is 0 Å². The summed E-state index contributed by atoms with van der Waals surface area (Å²) in [6.45, 7) is 8.27. The van der Waals surface area contributed by atoms with Crippen molar-refractivity contribution in [2.24, 2.45) is 0 Å². The van der Waals surface area contributed by atoms with Gasteiger partial charge in [0.1, 0.15) is 0 Å². The Hall–Kier alpha value is -0.860. The maximum atomic E-state index is 3.70. The summed E-state index contributed by atoms with van der Waals surface area (Å²) in [7, 11) is 0. The quantitative estimate of drug-likeness (QED) is 0.860. The molecule has 0 amide bonds. The van der Waals surface area contributed by atoms with E-state index < -0.39 is 0 Å². The monoisotopic (exact) mass is 244 g/mol. The van der Waals surface area contributed by atoms with Gasteiger partial charge in [-0.25, -0.2) is 0 Å². The van der Waals surface area contributed by atoms with Crippen molar-refractivity contribution in [3.05, 3.63) is 35.4 Å². The molecule has 2 heterocycles. The summed E-state index contributed by atoms with van der Waals surface area (Å²) in [6, 6.07) is 9.47. The van der Waals surface area contributed by atoms with Crippen LogP contribution >= 0.6 is 0 Å². The summed E-state index contributed by atoms with van der Waals surface area (Å²) in [4.78, 5) is 2.67. The smallest absolute Gasteiger partial charge is 0.0238 e. The molecule has 1 saturated heterocycles. The lowest BCUT2D eigenvalue weighted by molar-refractivity contribution is 0.154. The van der Waals surface area contributed by atoms with Crippen LogP contribution in [-0.4, -0.2) is 29.6 Å². The van der Waals surface area contributed by atoms with E-state index in [0.29, 0.717) is 11.6 Å². The molecule has 1 aromatic rings. The second-order valence-corrected chi connectivity index (χ2v) is 6.41. The van der Waals surface area contributed by atoms with Crippen molar-refractivity contribution in [1.82, 2.24) is 10.2 Å². The lowest BCUT2D eigenvalue weighted by Gasteiger charge is -2.36. The second-order valence-electron chi connectivity index (χ2n) is 6.41. The van der Waals surface area contributed by atoms with Gasteiger partial charge in [-0.05, 0) is 50.8 Å². The van der Waals surface area contributed by atoms with E-state index >= 15 is 0 Å². The van der Waals surface area contributed by atoms with Crippen LogP contribution in [0.2, 0.25) is 0 Å². The number of benzene rings is 1. The molecule has 0 spiro atoms. The van der Waals surface area contributed by atoms with E-state index in [1.807, 2.05) is 0 Å². The van der Waals surface area contributed by atoms with Gasteiger partial charge >= 0.3 is 0 Å². The van der Waals surface area contributed by atoms with E-state index in [2.05, 4.69) is 48.3 Å². The third kappa shape index (κ3) is 2.32. The zero-order valence-electron chi connectivity index (χ0n) is 11.6. The van der Waals surface area contributed by atoms with Gasteiger partial charge in [0, 0.05) is 24.7 Å². The Labute approximate surface area is 110 Å². The minimum atomic E-state index is 0.401. The average molecular weight is 244 g/mol. The summed E-state index contributed by atoms with van der Waals surface area (Å²) in [6.07, 6.45) is 3.88. The Morgan fingerprint density at radius 1 is 1.28 bits per heavy atom. The molecule has 0 radical (unpaired) electrons. The first kappa shape index (κ1) is 12.2. The van der Waals surface area contributed by atoms with E-state index in [1.54, 1.807) is 5.56 Å². The molecule has 1 unspecified atom stereocenters. The molecule has 2 heteroatoms. The first-order valence-corrected chi connectivity index (χ1v) is 7.20. The summed E-state index contributed by atoms with van der Waals surface area (Å²) in [5, 5.41) is 3.70. The summed E-state index contributed by atoms with van der Waals surface area (Å²) in [5.74, 6) is 0. The molecule has 1 atom stereocenters. The Balaban J connectivity index is 1.66. The van der Waals surface area contributed by atoms with E-state index in [-0.39, 0.29) is 0 Å². The Morgan fingerprint density at radius 2 is 2.06 bits per heavy atom. The molecular formula is C16H24N2. The van der Waals surface area contributed by atoms with Crippen molar-refractivity contribution in [3.8, 4) is 0 Å². The predicted octanol–water partition coefficient (Wildman–Crippen LogP) is 2.58. The van der Waals surface area contributed by atoms with Gasteiger partial charge < -0.3 is 5.32 Å². The molecule has 0 aromatic heterocycles. The lowest BCUT2D eigenvalue weighted by Crippen LogP contribution is -2.49. The molecule has 1 aromatic carbocycles. The zero-order chi connectivity index (χ0) is 12.6. The Morgan fingerprint density at radius 3 is 2.78 bits per heavy atom. The number of hydrogen-bond acceptors (Lipinski definition) is 2. The van der Waals surface area contributed by atoms with E-state index in [4.69, 9.17) is 0 Å². The molecule has 2 aliphatic rings. The van der Waals surface area contributed by atoms with Crippen LogP contribution in [0.3, 0.4) is 0 Å². The largest absolute Gasteiger partial charge is 0.308 e. The maximum absolute atomic E-state index is 3.70. The fourth-order valence-corrected chi connectivity index (χ4v) is 3.42. The van der Waals surface area contributed by atoms with Crippen molar-refractivity contribution < 1.29 is 0 Å². The number of nitrogens with one attached hydrogen (secondary N) is 1. The minimum absolute atomic E-state index is 0.401. The summed E-state index contributed by atoms with van der Waals surface area (Å²) in [5.41, 5.74) is 3.42. The fourth-order valence-electron chi connectivity index (χ4n) is 3.42. The molecular weight excluding hydrogens is 220 g/mol. The molecule has 1 fully saturated rings. The number of hydrogen-bond donors (Lipinski definition) is 1. The molecule has 1 N–H and O–H groups in total. The van der Waals surface area contributed by atoms with Crippen LogP contribution in [0.5, 0.6) is 0 Å². The van der Waals surface area contributed by atoms with Gasteiger partial charge in [-0.1, -0.05) is 24.3 Å². The molecule has 0 bridgehead atoms. The number of nitrogens with zero attached hydrogens (tertiary/aromatic N) is 1. The molecule has 2 nitrogen and oxygen atoms in total. The van der Waals surface area contributed by atoms with Crippen LogP contribution in [-0.2, 0) is 13.0 Å². The van der Waals surface area contributed by atoms with Crippen molar-refractivity contribution in [1.29, 1.82) is 0 Å². The van der Waals surface area contributed by atoms with Crippen molar-refractivity contribution in [2.75, 3.05) is 13.1 Å². The normalized spacial score (nSPS) is 27.1. The van der Waals surface area contributed by atoms with Crippen molar-refractivity contribution in [2.45, 2.75) is 51.2 Å². The predicted molar refractivity (Wildman–Crippen MR) is 75.7 cm³/mol. The van der Waals surface area contributed by atoms with Crippen LogP contribution < -0.4 is 5.32 Å². The van der Waals surface area contributed by atoms with E-state index in [9.17, 15) is 0 Å². The topological polar surface area (TPSA) is 15.3 Å². The third-order valence-corrected chi connectivity index (χ3v) is 4.68. The Bertz CT molecular complexity index is 425. The Kier molecular flexibility index (Phi) is 3.16. The maximum Gasteiger partial charge on any atom is 0.0238 e. The first-order valence-electron chi connectivity index (χ1n) is 7.20. The van der Waals surface area contributed by atoms with E-state index in [0.717, 1.165) is 6.54 Å². The van der Waals surface area contributed by atoms with Crippen LogP contribution in [0.25, 0.3) is 0 Å². The molecule has 0 saturated carbocycles. The summed E-state index contributed by atoms with van der Waals surface area (Å²) >= 11 is 0. The summed E-state index contributed by atoms with van der Waals surface area (Å²) < 4.78 is 0. The first-order chi connectivity index (χ1) is 8.65. The van der Waals surface area contributed by atoms with Gasteiger partial charge in [0.05, 0.1) is 0 Å². The van der Waals surface area contributed by atoms with Crippen LogP contribution in [0.1, 0.15) is 37.8 Å². The van der Waals surface area contributed by atoms with Crippen molar-refractivity contribution in [3.63, 3.8) is 0 Å². The molecule has 18 heavy (non-hydrogen) atoms. The minimum Gasteiger partial charge on any atom is -0.308 e. The number of rotatable bonds is 2. The van der Waals surface area contributed by atoms with Gasteiger partial charge in [-0.2, -0.15) is 0 Å². The van der Waals surface area contributed by atoms with Crippen LogP contribution in [0, 0.1) is 0 Å². The van der Waals surface area contributed by atoms with Gasteiger partial charge in [0.2, 0.25) is 0 Å². The number of likely N-dealkylation sites (tertiary alicyclic amines) is 1. The van der Waals surface area contributed by atoms with Gasteiger partial charge in [-0.15, -0.1) is 0 Å². The molecule has 98 valence electrons. The highest BCUT2D eigenvalue weighted by molar-refractivity contribution is 5.30. The average Bonchev–Trinajstić information content (AvgIpc) is 2.69. The molecule has 2 aliphatic heterocycles. The highest BCUT2D eigenvalue weighted by Crippen LogP contribution is 2.29. The molecule has 3 rings (SSSR count). The standard InChI is InChI=1S/C16H24N2/c1-16(2)8-5-9-18(16)12-15-10-13-6-3-4-7-14(13)11-17-15/h3-4,6-7,15,17H,5,8-12H2,1-2H3. The fraction of sp³-hybridized carbons (Fsp3) is 0.625. The van der Waals surface area contributed by atoms with Gasteiger partial charge in [0.15, 0.2) is 0 Å². The molecule has 0 aliphatic carbocycles. The number of fused-ring (bicyclic) bond motifs is 1. The van der Waals surface area contributed by atoms with Crippen LogP contribution in [0.15, 0.2) is 24.3 Å². The van der Waals surface area contributed by atoms with E-state index in [1.165, 1.54) is 37.9 Å². The highest BCUT2D eigenvalue weighted by atomic mass is 15.2. The second kappa shape index (κ2) is 4.67. The van der Waals surface area contributed by atoms with Gasteiger partial charge in [0.25, 0.3) is 0 Å². The SMILES string of the molecule is CC1(C)CCCN1CC1Cc2ccccc2CN1. The third-order valence-electron chi connectivity index (χ3n) is 4.68. The lowest BCUT2D eigenvalue weighted by atomic mass is 9.94. The van der Waals surface area contributed by atoms with Crippen molar-refractivity contribution >= 4 is 0 Å². The zero-order valence-corrected chi connectivity index (χ0v) is 11.6.